The number of hydrogen-bond acceptors (Lipinski definition) is 2. The zero-order chi connectivity index (χ0) is 14.6. The highest BCUT2D eigenvalue weighted by molar-refractivity contribution is 5.26. The second kappa shape index (κ2) is 6.73. The van der Waals surface area contributed by atoms with Crippen molar-refractivity contribution in [3.8, 4) is 0 Å². The second-order valence-electron chi connectivity index (χ2n) is 6.48. The van der Waals surface area contributed by atoms with E-state index >= 15 is 0 Å². The van der Waals surface area contributed by atoms with Gasteiger partial charge in [0.2, 0.25) is 0 Å². The van der Waals surface area contributed by atoms with Gasteiger partial charge in [-0.15, -0.1) is 0 Å². The van der Waals surface area contributed by atoms with E-state index < -0.39 is 0 Å². The summed E-state index contributed by atoms with van der Waals surface area (Å²) in [6, 6.07) is 9.16. The predicted octanol–water partition coefficient (Wildman–Crippen LogP) is 3.76. The van der Waals surface area contributed by atoms with Crippen molar-refractivity contribution in [1.82, 2.24) is 5.32 Å². The molecule has 2 nitrogen and oxygen atoms in total. The fraction of sp³-hybridized carbons (Fsp3) is 0.667. The quantitative estimate of drug-likeness (QED) is 0.853. The Bertz CT molecular complexity index is 412. The van der Waals surface area contributed by atoms with Gasteiger partial charge in [-0.2, -0.15) is 0 Å². The summed E-state index contributed by atoms with van der Waals surface area (Å²) in [4.78, 5) is 0. The molecule has 20 heavy (non-hydrogen) atoms. The largest absolute Gasteiger partial charge is 0.378 e. The maximum Gasteiger partial charge on any atom is 0.0619 e. The highest BCUT2D eigenvalue weighted by Crippen LogP contribution is 2.38. The van der Waals surface area contributed by atoms with Crippen LogP contribution in [-0.4, -0.2) is 25.8 Å². The summed E-state index contributed by atoms with van der Waals surface area (Å²) in [5.41, 5.74) is 3.12. The minimum atomic E-state index is 0.259. The molecule has 0 amide bonds. The van der Waals surface area contributed by atoms with Crippen molar-refractivity contribution < 1.29 is 4.74 Å². The topological polar surface area (TPSA) is 21.3 Å². The number of benzene rings is 1. The normalized spacial score (nSPS) is 26.4. The lowest BCUT2D eigenvalue weighted by Crippen LogP contribution is -2.41. The lowest BCUT2D eigenvalue weighted by atomic mass is 9.76. The summed E-state index contributed by atoms with van der Waals surface area (Å²) in [6.45, 7) is 11.9. The monoisotopic (exact) mass is 275 g/mol. The molecule has 0 aromatic heterocycles. The second-order valence-corrected chi connectivity index (χ2v) is 6.48. The Hall–Kier alpha value is -0.860. The molecule has 0 saturated carbocycles. The number of ether oxygens (including phenoxy) is 1. The van der Waals surface area contributed by atoms with Gasteiger partial charge in [-0.05, 0) is 43.4 Å². The smallest absolute Gasteiger partial charge is 0.0619 e. The van der Waals surface area contributed by atoms with Crippen LogP contribution < -0.4 is 5.32 Å². The van der Waals surface area contributed by atoms with Gasteiger partial charge in [-0.25, -0.2) is 0 Å². The average Bonchev–Trinajstić information content (AvgIpc) is 2.79. The third-order valence-corrected chi connectivity index (χ3v) is 4.76. The molecule has 1 fully saturated rings. The molecular weight excluding hydrogens is 246 g/mol. The van der Waals surface area contributed by atoms with Crippen LogP contribution in [0.3, 0.4) is 0 Å². The van der Waals surface area contributed by atoms with Crippen LogP contribution in [0.5, 0.6) is 0 Å². The summed E-state index contributed by atoms with van der Waals surface area (Å²) >= 11 is 0. The zero-order valence-corrected chi connectivity index (χ0v) is 13.4. The minimum Gasteiger partial charge on any atom is -0.378 e. The van der Waals surface area contributed by atoms with Crippen molar-refractivity contribution in [3.05, 3.63) is 35.4 Å². The molecule has 2 unspecified atom stereocenters. The minimum absolute atomic E-state index is 0.259. The first-order chi connectivity index (χ1) is 9.57. The highest BCUT2D eigenvalue weighted by atomic mass is 16.5. The average molecular weight is 275 g/mol. The molecule has 1 aliphatic heterocycles. The summed E-state index contributed by atoms with van der Waals surface area (Å²) in [6.07, 6.45) is 2.61. The molecule has 2 atom stereocenters. The van der Waals surface area contributed by atoms with Gasteiger partial charge in [0.25, 0.3) is 0 Å². The van der Waals surface area contributed by atoms with Crippen LogP contribution >= 0.6 is 0 Å². The van der Waals surface area contributed by atoms with Crippen LogP contribution in [0.4, 0.5) is 0 Å². The predicted molar refractivity (Wildman–Crippen MR) is 85.2 cm³/mol. The van der Waals surface area contributed by atoms with Crippen molar-refractivity contribution >= 4 is 0 Å². The summed E-state index contributed by atoms with van der Waals surface area (Å²) < 4.78 is 5.86. The molecule has 1 aliphatic rings. The third-order valence-electron chi connectivity index (χ3n) is 4.76. The molecule has 0 spiro atoms. The van der Waals surface area contributed by atoms with Crippen molar-refractivity contribution in [1.29, 1.82) is 0 Å². The van der Waals surface area contributed by atoms with Gasteiger partial charge in [-0.1, -0.05) is 45.0 Å². The van der Waals surface area contributed by atoms with Crippen LogP contribution in [0.25, 0.3) is 0 Å². The van der Waals surface area contributed by atoms with Crippen LogP contribution in [0.1, 0.15) is 51.2 Å². The fourth-order valence-electron chi connectivity index (χ4n) is 3.15. The maximum absolute atomic E-state index is 5.86. The Morgan fingerprint density at radius 2 is 2.00 bits per heavy atom. The molecule has 1 aromatic rings. The Morgan fingerprint density at radius 1 is 1.30 bits per heavy atom. The van der Waals surface area contributed by atoms with Crippen LogP contribution in [0, 0.1) is 5.41 Å². The number of nitrogens with one attached hydrogen (secondary N) is 1. The Balaban J connectivity index is 2.11. The van der Waals surface area contributed by atoms with Gasteiger partial charge in [0.1, 0.15) is 0 Å². The van der Waals surface area contributed by atoms with Gasteiger partial charge in [0.05, 0.1) is 6.10 Å². The van der Waals surface area contributed by atoms with Crippen LogP contribution in [-0.2, 0) is 11.2 Å². The van der Waals surface area contributed by atoms with E-state index in [1.807, 2.05) is 0 Å². The molecule has 1 saturated heterocycles. The lowest BCUT2D eigenvalue weighted by Gasteiger charge is -2.33. The standard InChI is InChI=1S/C18H29NO/c1-5-19-13-18(10-11-20-15(18)4)12-16-6-8-17(9-7-16)14(2)3/h6-9,14-15,19H,5,10-13H2,1-4H3. The Labute approximate surface area is 123 Å². The van der Waals surface area contributed by atoms with E-state index in [4.69, 9.17) is 4.74 Å². The molecule has 0 bridgehead atoms. The molecule has 0 radical (unpaired) electrons. The summed E-state index contributed by atoms with van der Waals surface area (Å²) in [5, 5.41) is 3.53. The van der Waals surface area contributed by atoms with Crippen molar-refractivity contribution in [2.75, 3.05) is 19.7 Å². The van der Waals surface area contributed by atoms with Gasteiger partial charge < -0.3 is 10.1 Å². The van der Waals surface area contributed by atoms with Crippen LogP contribution in [0.15, 0.2) is 24.3 Å². The molecule has 0 aliphatic carbocycles. The first-order valence-corrected chi connectivity index (χ1v) is 7.98. The van der Waals surface area contributed by atoms with E-state index in [0.29, 0.717) is 12.0 Å². The highest BCUT2D eigenvalue weighted by Gasteiger charge is 2.40. The Morgan fingerprint density at radius 3 is 2.50 bits per heavy atom. The van der Waals surface area contributed by atoms with Crippen molar-refractivity contribution in [3.63, 3.8) is 0 Å². The van der Waals surface area contributed by atoms with Gasteiger partial charge >= 0.3 is 0 Å². The third kappa shape index (κ3) is 3.42. The van der Waals surface area contributed by atoms with E-state index in [1.54, 1.807) is 0 Å². The number of rotatable bonds is 6. The summed E-state index contributed by atoms with van der Waals surface area (Å²) in [5.74, 6) is 0.605. The van der Waals surface area contributed by atoms with E-state index in [-0.39, 0.29) is 5.41 Å². The first-order valence-electron chi connectivity index (χ1n) is 7.98. The molecule has 112 valence electrons. The van der Waals surface area contributed by atoms with Gasteiger partial charge in [-0.3, -0.25) is 0 Å². The molecule has 1 N–H and O–H groups in total. The Kier molecular flexibility index (Phi) is 5.22. The molecule has 1 aromatic carbocycles. The zero-order valence-electron chi connectivity index (χ0n) is 13.4. The fourth-order valence-corrected chi connectivity index (χ4v) is 3.15. The molecule has 2 heteroatoms. The summed E-state index contributed by atoms with van der Waals surface area (Å²) in [7, 11) is 0. The van der Waals surface area contributed by atoms with Crippen LogP contribution in [0.2, 0.25) is 0 Å². The van der Waals surface area contributed by atoms with E-state index in [0.717, 1.165) is 32.5 Å². The molecular formula is C18H29NO. The SMILES string of the molecule is CCNCC1(Cc2ccc(C(C)C)cc2)CCOC1C. The van der Waals surface area contributed by atoms with E-state index in [9.17, 15) is 0 Å². The first kappa shape index (κ1) is 15.5. The molecule has 1 heterocycles. The van der Waals surface area contributed by atoms with Gasteiger partial charge in [0.15, 0.2) is 0 Å². The van der Waals surface area contributed by atoms with E-state index in [2.05, 4.69) is 57.3 Å². The van der Waals surface area contributed by atoms with E-state index in [1.165, 1.54) is 11.1 Å². The van der Waals surface area contributed by atoms with Gasteiger partial charge in [0, 0.05) is 18.6 Å². The lowest BCUT2D eigenvalue weighted by molar-refractivity contribution is 0.0633. The number of hydrogen-bond donors (Lipinski definition) is 1. The maximum atomic E-state index is 5.86. The molecule has 2 rings (SSSR count). The van der Waals surface area contributed by atoms with Crippen molar-refractivity contribution in [2.24, 2.45) is 5.41 Å². The van der Waals surface area contributed by atoms with Crippen molar-refractivity contribution in [2.45, 2.75) is 52.6 Å².